The third-order valence-corrected chi connectivity index (χ3v) is 3.84. The van der Waals surface area contributed by atoms with E-state index in [0.717, 1.165) is 17.8 Å². The lowest BCUT2D eigenvalue weighted by molar-refractivity contribution is -0.137. The number of aryl methyl sites for hydroxylation is 1. The van der Waals surface area contributed by atoms with Crippen LogP contribution in [0.4, 0.5) is 13.2 Å². The minimum Gasteiger partial charge on any atom is -0.475 e. The average molecular weight is 346 g/mol. The number of hydrogen-bond acceptors (Lipinski definition) is 3. The first-order chi connectivity index (χ1) is 11.9. The Kier molecular flexibility index (Phi) is 4.90. The largest absolute Gasteiger partial charge is 0.475 e. The molecule has 3 nitrogen and oxygen atoms in total. The fourth-order valence-corrected chi connectivity index (χ4v) is 2.59. The van der Waals surface area contributed by atoms with Crippen LogP contribution < -0.4 is 10.5 Å². The topological polar surface area (TPSA) is 48.1 Å². The number of hydrogen-bond donors (Lipinski definition) is 1. The fraction of sp³-hybridized carbons (Fsp3) is 0.211. The lowest BCUT2D eigenvalue weighted by atomic mass is 10.1. The number of fused-ring (bicyclic) bond motifs is 1. The normalized spacial score (nSPS) is 13.0. The van der Waals surface area contributed by atoms with Gasteiger partial charge in [0, 0.05) is 23.7 Å². The van der Waals surface area contributed by atoms with Gasteiger partial charge in [0.2, 0.25) is 0 Å². The Bertz CT molecular complexity index is 850. The van der Waals surface area contributed by atoms with Crippen molar-refractivity contribution >= 4 is 10.8 Å². The molecule has 0 saturated carbocycles. The summed E-state index contributed by atoms with van der Waals surface area (Å²) in [7, 11) is 0. The lowest BCUT2D eigenvalue weighted by Crippen LogP contribution is -2.28. The van der Waals surface area contributed by atoms with E-state index in [0.29, 0.717) is 23.6 Å². The predicted molar refractivity (Wildman–Crippen MR) is 90.1 cm³/mol. The average Bonchev–Trinajstić information content (AvgIpc) is 2.60. The Morgan fingerprint density at radius 1 is 1.04 bits per heavy atom. The molecule has 2 aromatic carbocycles. The van der Waals surface area contributed by atoms with Crippen LogP contribution in [0, 0.1) is 0 Å². The fourth-order valence-electron chi connectivity index (χ4n) is 2.59. The summed E-state index contributed by atoms with van der Waals surface area (Å²) in [5.41, 5.74) is 6.08. The van der Waals surface area contributed by atoms with Gasteiger partial charge in [0.05, 0.1) is 5.56 Å². The van der Waals surface area contributed by atoms with Gasteiger partial charge < -0.3 is 4.74 Å². The molecule has 0 aliphatic heterocycles. The van der Waals surface area contributed by atoms with Crippen molar-refractivity contribution in [2.75, 3.05) is 0 Å². The Labute approximate surface area is 143 Å². The first kappa shape index (κ1) is 17.2. The van der Waals surface area contributed by atoms with E-state index < -0.39 is 18.0 Å². The third-order valence-electron chi connectivity index (χ3n) is 3.84. The Balaban J connectivity index is 1.82. The standard InChI is InChI=1S/C19H17F3N2O/c20-19(21,22)14-11-13-5-1-2-7-16(13)17(12-14)25-18(23)9-8-15-6-3-4-10-24-15/h1-7,10-12,18H,8-9,23H2. The van der Waals surface area contributed by atoms with E-state index in [-0.39, 0.29) is 5.75 Å². The van der Waals surface area contributed by atoms with Crippen LogP contribution in [-0.4, -0.2) is 11.2 Å². The van der Waals surface area contributed by atoms with Crippen molar-refractivity contribution in [3.8, 4) is 5.75 Å². The maximum Gasteiger partial charge on any atom is 0.416 e. The van der Waals surface area contributed by atoms with Gasteiger partial charge in [-0.2, -0.15) is 13.2 Å². The number of halogens is 3. The molecule has 1 heterocycles. The van der Waals surface area contributed by atoms with Gasteiger partial charge in [-0.15, -0.1) is 0 Å². The molecule has 1 atom stereocenters. The van der Waals surface area contributed by atoms with Crippen LogP contribution in [0.2, 0.25) is 0 Å². The second-order valence-corrected chi connectivity index (χ2v) is 5.71. The van der Waals surface area contributed by atoms with Crippen LogP contribution in [0.3, 0.4) is 0 Å². The van der Waals surface area contributed by atoms with Crippen molar-refractivity contribution in [2.45, 2.75) is 25.2 Å². The molecule has 0 saturated heterocycles. The van der Waals surface area contributed by atoms with Gasteiger partial charge in [-0.25, -0.2) is 0 Å². The minimum atomic E-state index is -4.44. The Hall–Kier alpha value is -2.60. The molecule has 25 heavy (non-hydrogen) atoms. The van der Waals surface area contributed by atoms with Crippen molar-refractivity contribution in [2.24, 2.45) is 5.73 Å². The molecule has 0 aliphatic carbocycles. The summed E-state index contributed by atoms with van der Waals surface area (Å²) in [5, 5.41) is 1.06. The van der Waals surface area contributed by atoms with E-state index in [1.54, 1.807) is 30.5 Å². The van der Waals surface area contributed by atoms with Gasteiger partial charge in [-0.1, -0.05) is 30.3 Å². The van der Waals surface area contributed by atoms with E-state index in [1.165, 1.54) is 0 Å². The highest BCUT2D eigenvalue weighted by molar-refractivity contribution is 5.89. The van der Waals surface area contributed by atoms with Gasteiger partial charge in [0.1, 0.15) is 12.0 Å². The maximum atomic E-state index is 13.1. The summed E-state index contributed by atoms with van der Waals surface area (Å²) >= 11 is 0. The van der Waals surface area contributed by atoms with E-state index >= 15 is 0 Å². The molecule has 0 bridgehead atoms. The van der Waals surface area contributed by atoms with Crippen LogP contribution in [0.5, 0.6) is 5.75 Å². The molecular formula is C19H17F3N2O. The van der Waals surface area contributed by atoms with E-state index in [2.05, 4.69) is 4.98 Å². The number of ether oxygens (including phenoxy) is 1. The summed E-state index contributed by atoms with van der Waals surface area (Å²) in [4.78, 5) is 4.19. The zero-order chi connectivity index (χ0) is 17.9. The summed E-state index contributed by atoms with van der Waals surface area (Å²) in [6.07, 6.45) is -2.46. The highest BCUT2D eigenvalue weighted by Gasteiger charge is 2.31. The van der Waals surface area contributed by atoms with Crippen LogP contribution >= 0.6 is 0 Å². The van der Waals surface area contributed by atoms with Crippen LogP contribution in [0.25, 0.3) is 10.8 Å². The number of benzene rings is 2. The van der Waals surface area contributed by atoms with Crippen molar-refractivity contribution < 1.29 is 17.9 Å². The zero-order valence-corrected chi connectivity index (χ0v) is 13.3. The predicted octanol–water partition coefficient (Wildman–Crippen LogP) is 4.55. The molecule has 2 N–H and O–H groups in total. The van der Waals surface area contributed by atoms with E-state index in [9.17, 15) is 13.2 Å². The van der Waals surface area contributed by atoms with Crippen LogP contribution in [0.15, 0.2) is 60.8 Å². The molecule has 3 aromatic rings. The van der Waals surface area contributed by atoms with Crippen LogP contribution in [0.1, 0.15) is 17.7 Å². The van der Waals surface area contributed by atoms with Gasteiger partial charge in [0.15, 0.2) is 0 Å². The molecule has 1 aromatic heterocycles. The van der Waals surface area contributed by atoms with Crippen LogP contribution in [-0.2, 0) is 12.6 Å². The molecule has 0 radical (unpaired) electrons. The van der Waals surface area contributed by atoms with Gasteiger partial charge in [0.25, 0.3) is 0 Å². The highest BCUT2D eigenvalue weighted by atomic mass is 19.4. The van der Waals surface area contributed by atoms with Gasteiger partial charge >= 0.3 is 6.18 Å². The zero-order valence-electron chi connectivity index (χ0n) is 13.3. The van der Waals surface area contributed by atoms with Crippen molar-refractivity contribution in [3.63, 3.8) is 0 Å². The monoisotopic (exact) mass is 346 g/mol. The maximum absolute atomic E-state index is 13.1. The molecule has 0 fully saturated rings. The number of pyridine rings is 1. The molecule has 3 rings (SSSR count). The first-order valence-electron chi connectivity index (χ1n) is 7.85. The van der Waals surface area contributed by atoms with Gasteiger partial charge in [-0.3, -0.25) is 10.7 Å². The Morgan fingerprint density at radius 2 is 1.80 bits per heavy atom. The molecule has 130 valence electrons. The summed E-state index contributed by atoms with van der Waals surface area (Å²) in [6, 6.07) is 14.4. The number of nitrogens with two attached hydrogens (primary N) is 1. The second kappa shape index (κ2) is 7.11. The van der Waals surface area contributed by atoms with E-state index in [1.807, 2.05) is 18.2 Å². The quantitative estimate of drug-likeness (QED) is 0.690. The molecule has 0 amide bonds. The highest BCUT2D eigenvalue weighted by Crippen LogP contribution is 2.36. The molecular weight excluding hydrogens is 329 g/mol. The number of rotatable bonds is 5. The number of alkyl halides is 3. The molecule has 6 heteroatoms. The lowest BCUT2D eigenvalue weighted by Gasteiger charge is -2.18. The second-order valence-electron chi connectivity index (χ2n) is 5.71. The number of nitrogens with zero attached hydrogens (tertiary/aromatic N) is 1. The Morgan fingerprint density at radius 3 is 2.52 bits per heavy atom. The number of aromatic nitrogens is 1. The van der Waals surface area contributed by atoms with Crippen molar-refractivity contribution in [3.05, 3.63) is 72.1 Å². The minimum absolute atomic E-state index is 0.138. The van der Waals surface area contributed by atoms with Crippen molar-refractivity contribution in [1.29, 1.82) is 0 Å². The smallest absolute Gasteiger partial charge is 0.416 e. The molecule has 0 spiro atoms. The summed E-state index contributed by atoms with van der Waals surface area (Å²) in [6.45, 7) is 0. The summed E-state index contributed by atoms with van der Waals surface area (Å²) < 4.78 is 45.0. The molecule has 0 aliphatic rings. The first-order valence-corrected chi connectivity index (χ1v) is 7.85. The van der Waals surface area contributed by atoms with E-state index in [4.69, 9.17) is 10.5 Å². The van der Waals surface area contributed by atoms with Gasteiger partial charge in [-0.05, 0) is 36.1 Å². The SMILES string of the molecule is NC(CCc1ccccn1)Oc1cc(C(F)(F)F)cc2ccccc12. The van der Waals surface area contributed by atoms with Crippen molar-refractivity contribution in [1.82, 2.24) is 4.98 Å². The summed E-state index contributed by atoms with van der Waals surface area (Å²) in [5.74, 6) is 0.138. The molecule has 1 unspecified atom stereocenters. The third kappa shape index (κ3) is 4.28.